The van der Waals surface area contributed by atoms with Gasteiger partial charge in [-0.3, -0.25) is 4.99 Å². The fourth-order valence-electron chi connectivity index (χ4n) is 1.99. The van der Waals surface area contributed by atoms with Crippen molar-refractivity contribution in [3.63, 3.8) is 0 Å². The molecule has 0 fully saturated rings. The summed E-state index contributed by atoms with van der Waals surface area (Å²) in [5, 5.41) is 0.486. The van der Waals surface area contributed by atoms with Gasteiger partial charge in [-0.2, -0.15) is 0 Å². The molecule has 0 saturated carbocycles. The maximum Gasteiger partial charge on any atom is 0.270 e. The van der Waals surface area contributed by atoms with Gasteiger partial charge in [0.25, 0.3) is 5.92 Å². The predicted molar refractivity (Wildman–Crippen MR) is 88.4 cm³/mol. The van der Waals surface area contributed by atoms with Crippen molar-refractivity contribution >= 4 is 17.4 Å². The largest absolute Gasteiger partial charge is 0.495 e. The molecule has 0 saturated heterocycles. The number of hydrogen-bond acceptors (Lipinski definition) is 2. The third kappa shape index (κ3) is 4.42. The minimum absolute atomic E-state index is 0.0272. The molecule has 2 rings (SSSR count). The van der Waals surface area contributed by atoms with E-state index in [4.69, 9.17) is 22.1 Å². The highest BCUT2D eigenvalue weighted by atomic mass is 35.5. The monoisotopic (exact) mass is 338 g/mol. The number of hydrogen-bond donors (Lipinski definition) is 1. The van der Waals surface area contributed by atoms with Gasteiger partial charge in [-0.15, -0.1) is 0 Å². The summed E-state index contributed by atoms with van der Waals surface area (Å²) < 4.78 is 31.4. The molecular formula is C17H17ClF2N2O. The highest BCUT2D eigenvalue weighted by Gasteiger charge is 2.23. The van der Waals surface area contributed by atoms with Crippen LogP contribution in [0.1, 0.15) is 23.6 Å². The van der Waals surface area contributed by atoms with Crippen LogP contribution in [0.5, 0.6) is 5.75 Å². The number of aliphatic imine (C=N–C) groups is 1. The van der Waals surface area contributed by atoms with Gasteiger partial charge in [0.1, 0.15) is 11.6 Å². The lowest BCUT2D eigenvalue weighted by Gasteiger charge is -2.10. The van der Waals surface area contributed by atoms with E-state index in [1.54, 1.807) is 30.3 Å². The van der Waals surface area contributed by atoms with Crippen molar-refractivity contribution in [2.75, 3.05) is 7.11 Å². The molecule has 0 bridgehead atoms. The Morgan fingerprint density at radius 3 is 2.43 bits per heavy atom. The van der Waals surface area contributed by atoms with E-state index in [9.17, 15) is 8.78 Å². The number of methoxy groups -OCH3 is 1. The summed E-state index contributed by atoms with van der Waals surface area (Å²) in [7, 11) is 1.52. The summed E-state index contributed by atoms with van der Waals surface area (Å²) in [6.45, 7) is 1.17. The summed E-state index contributed by atoms with van der Waals surface area (Å²) in [5.41, 5.74) is 7.40. The number of ether oxygens (including phenoxy) is 1. The van der Waals surface area contributed by atoms with Gasteiger partial charge in [-0.05, 0) is 23.8 Å². The van der Waals surface area contributed by atoms with Gasteiger partial charge in [0, 0.05) is 18.1 Å². The maximum atomic E-state index is 13.2. The smallest absolute Gasteiger partial charge is 0.270 e. The highest BCUT2D eigenvalue weighted by molar-refractivity contribution is 6.32. The number of alkyl halides is 2. The molecule has 122 valence electrons. The van der Waals surface area contributed by atoms with E-state index in [0.29, 0.717) is 28.7 Å². The van der Waals surface area contributed by atoms with Crippen molar-refractivity contribution in [2.24, 2.45) is 10.7 Å². The van der Waals surface area contributed by atoms with Gasteiger partial charge in [-0.1, -0.05) is 35.9 Å². The molecule has 0 aliphatic heterocycles. The van der Waals surface area contributed by atoms with E-state index in [1.807, 2.05) is 0 Å². The second-order valence-electron chi connectivity index (χ2n) is 5.14. The fraction of sp³-hybridized carbons (Fsp3) is 0.235. The first-order valence-electron chi connectivity index (χ1n) is 6.92. The van der Waals surface area contributed by atoms with Crippen molar-refractivity contribution in [3.05, 3.63) is 64.2 Å². The van der Waals surface area contributed by atoms with E-state index in [-0.39, 0.29) is 5.56 Å². The van der Waals surface area contributed by atoms with Crippen molar-refractivity contribution in [1.29, 1.82) is 0 Å². The average Bonchev–Trinajstić information content (AvgIpc) is 2.52. The van der Waals surface area contributed by atoms with Crippen LogP contribution >= 0.6 is 11.6 Å². The van der Waals surface area contributed by atoms with Crippen molar-refractivity contribution in [2.45, 2.75) is 19.4 Å². The first-order valence-corrected chi connectivity index (χ1v) is 7.30. The van der Waals surface area contributed by atoms with E-state index >= 15 is 0 Å². The molecule has 2 aromatic rings. The third-order valence-electron chi connectivity index (χ3n) is 3.34. The zero-order valence-corrected chi connectivity index (χ0v) is 13.6. The summed E-state index contributed by atoms with van der Waals surface area (Å²) in [4.78, 5) is 4.27. The van der Waals surface area contributed by atoms with E-state index in [1.165, 1.54) is 19.2 Å². The zero-order chi connectivity index (χ0) is 17.0. The SMILES string of the molecule is COc1cc(C(N)=NCc2ccc(C(C)(F)F)cc2)ccc1Cl. The third-order valence-corrected chi connectivity index (χ3v) is 3.65. The van der Waals surface area contributed by atoms with Gasteiger partial charge in [-0.25, -0.2) is 8.78 Å². The molecule has 0 radical (unpaired) electrons. The lowest BCUT2D eigenvalue weighted by atomic mass is 10.1. The summed E-state index contributed by atoms with van der Waals surface area (Å²) in [5.74, 6) is -2.01. The van der Waals surface area contributed by atoms with E-state index < -0.39 is 5.92 Å². The van der Waals surface area contributed by atoms with Gasteiger partial charge < -0.3 is 10.5 Å². The number of benzene rings is 2. The average molecular weight is 339 g/mol. The molecule has 2 aromatic carbocycles. The molecule has 0 heterocycles. The number of nitrogens with zero attached hydrogens (tertiary/aromatic N) is 1. The Kier molecular flexibility index (Phi) is 5.21. The lowest BCUT2D eigenvalue weighted by Crippen LogP contribution is -2.13. The van der Waals surface area contributed by atoms with Crippen LogP contribution in [0.25, 0.3) is 0 Å². The molecule has 0 atom stereocenters. The van der Waals surface area contributed by atoms with Crippen LogP contribution in [0.4, 0.5) is 8.78 Å². The quantitative estimate of drug-likeness (QED) is 0.650. The number of halogens is 3. The Labute approximate surface area is 138 Å². The van der Waals surface area contributed by atoms with E-state index in [2.05, 4.69) is 4.99 Å². The van der Waals surface area contributed by atoms with Crippen LogP contribution in [0.3, 0.4) is 0 Å². The van der Waals surface area contributed by atoms with Gasteiger partial charge >= 0.3 is 0 Å². The van der Waals surface area contributed by atoms with Crippen molar-refractivity contribution in [1.82, 2.24) is 0 Å². The van der Waals surface area contributed by atoms with Crippen molar-refractivity contribution in [3.8, 4) is 5.75 Å². The highest BCUT2D eigenvalue weighted by Crippen LogP contribution is 2.27. The standard InChI is InChI=1S/C17H17ClF2N2O/c1-17(19,20)13-6-3-11(4-7-13)10-22-16(21)12-5-8-14(18)15(9-12)23-2/h3-9H,10H2,1-2H3,(H2,21,22). The van der Waals surface area contributed by atoms with Crippen LogP contribution in [0.15, 0.2) is 47.5 Å². The molecule has 6 heteroatoms. The first kappa shape index (κ1) is 17.2. The molecule has 0 aromatic heterocycles. The van der Waals surface area contributed by atoms with Crippen LogP contribution < -0.4 is 10.5 Å². The Hall–Kier alpha value is -2.14. The fourth-order valence-corrected chi connectivity index (χ4v) is 2.18. The van der Waals surface area contributed by atoms with Gasteiger partial charge in [0.2, 0.25) is 0 Å². The molecule has 2 N–H and O–H groups in total. The summed E-state index contributed by atoms with van der Waals surface area (Å²) >= 11 is 5.96. The second-order valence-corrected chi connectivity index (χ2v) is 5.54. The minimum Gasteiger partial charge on any atom is -0.495 e. The van der Waals surface area contributed by atoms with E-state index in [0.717, 1.165) is 12.5 Å². The molecule has 0 aliphatic rings. The Balaban J connectivity index is 2.13. The second kappa shape index (κ2) is 6.96. The maximum absolute atomic E-state index is 13.2. The molecule has 0 unspecified atom stereocenters. The Bertz CT molecular complexity index is 710. The minimum atomic E-state index is -2.85. The summed E-state index contributed by atoms with van der Waals surface area (Å²) in [6, 6.07) is 11.1. The number of amidine groups is 1. The van der Waals surface area contributed by atoms with Crippen LogP contribution in [-0.4, -0.2) is 12.9 Å². The zero-order valence-electron chi connectivity index (χ0n) is 12.8. The summed E-state index contributed by atoms with van der Waals surface area (Å²) in [6.07, 6.45) is 0. The topological polar surface area (TPSA) is 47.6 Å². The van der Waals surface area contributed by atoms with Crippen LogP contribution in [0.2, 0.25) is 5.02 Å². The number of rotatable bonds is 5. The van der Waals surface area contributed by atoms with Gasteiger partial charge in [0.15, 0.2) is 0 Å². The van der Waals surface area contributed by atoms with Crippen LogP contribution in [0, 0.1) is 0 Å². The first-order chi connectivity index (χ1) is 10.8. The molecule has 0 amide bonds. The molecule has 0 aliphatic carbocycles. The Morgan fingerprint density at radius 1 is 1.22 bits per heavy atom. The normalized spacial score (nSPS) is 12.3. The number of nitrogens with two attached hydrogens (primary N) is 1. The van der Waals surface area contributed by atoms with Crippen LogP contribution in [-0.2, 0) is 12.5 Å². The molecular weight excluding hydrogens is 322 g/mol. The molecule has 23 heavy (non-hydrogen) atoms. The molecule has 3 nitrogen and oxygen atoms in total. The molecule has 0 spiro atoms. The predicted octanol–water partition coefficient (Wildman–Crippen LogP) is 4.37. The van der Waals surface area contributed by atoms with Crippen molar-refractivity contribution < 1.29 is 13.5 Å². The lowest BCUT2D eigenvalue weighted by molar-refractivity contribution is 0.0174. The Morgan fingerprint density at radius 2 is 1.87 bits per heavy atom. The van der Waals surface area contributed by atoms with Gasteiger partial charge in [0.05, 0.1) is 18.7 Å².